The van der Waals surface area contributed by atoms with E-state index >= 15 is 0 Å². The minimum atomic E-state index is 0.425. The van der Waals surface area contributed by atoms with E-state index < -0.39 is 0 Å². The predicted octanol–water partition coefficient (Wildman–Crippen LogP) is 1.25. The number of methoxy groups -OCH3 is 1. The molecule has 3 heteroatoms. The molecule has 72 valence electrons. The third-order valence-corrected chi connectivity index (χ3v) is 1.56. The number of benzene rings is 1. The summed E-state index contributed by atoms with van der Waals surface area (Å²) < 4.78 is 4.79. The smallest absolute Gasteiger partial charge is 0.211 e. The van der Waals surface area contributed by atoms with E-state index in [1.54, 1.807) is 19.2 Å². The minimum absolute atomic E-state index is 0.425. The van der Waals surface area contributed by atoms with Crippen LogP contribution in [-0.2, 0) is 9.53 Å². The van der Waals surface area contributed by atoms with Crippen LogP contribution in [0.1, 0.15) is 5.56 Å². The molecule has 0 fully saturated rings. The van der Waals surface area contributed by atoms with Gasteiger partial charge >= 0.3 is 0 Å². The molecular weight excluding hydrogens is 178 g/mol. The molecule has 1 rings (SSSR count). The summed E-state index contributed by atoms with van der Waals surface area (Å²) in [6.45, 7) is 0.425. The molecule has 0 aromatic heterocycles. The Labute approximate surface area is 83.1 Å². The van der Waals surface area contributed by atoms with Crippen LogP contribution >= 0.6 is 0 Å². The van der Waals surface area contributed by atoms with Crippen LogP contribution in [0.2, 0.25) is 0 Å². The normalized spacial score (nSPS) is 8.64. The Balaban J connectivity index is 2.65. The Morgan fingerprint density at radius 1 is 1.43 bits per heavy atom. The average Bonchev–Trinajstić information content (AvgIpc) is 2.21. The summed E-state index contributed by atoms with van der Waals surface area (Å²) in [7, 11) is 1.60. The molecule has 0 bridgehead atoms. The molecule has 0 saturated heterocycles. The first kappa shape index (κ1) is 10.3. The van der Waals surface area contributed by atoms with Crippen LogP contribution in [-0.4, -0.2) is 20.1 Å². The predicted molar refractivity (Wildman–Crippen MR) is 54.9 cm³/mol. The second kappa shape index (κ2) is 5.79. The number of hydrogen-bond donors (Lipinski definition) is 1. The topological polar surface area (TPSA) is 38.3 Å². The minimum Gasteiger partial charge on any atom is -0.372 e. The molecule has 0 aliphatic rings. The van der Waals surface area contributed by atoms with Gasteiger partial charge in [-0.1, -0.05) is 11.8 Å². The summed E-state index contributed by atoms with van der Waals surface area (Å²) in [5, 5.41) is 2.55. The van der Waals surface area contributed by atoms with Crippen LogP contribution in [0.3, 0.4) is 0 Å². The van der Waals surface area contributed by atoms with Gasteiger partial charge in [-0.25, -0.2) is 0 Å². The monoisotopic (exact) mass is 189 g/mol. The lowest BCUT2D eigenvalue weighted by molar-refractivity contribution is -0.105. The average molecular weight is 189 g/mol. The highest BCUT2D eigenvalue weighted by molar-refractivity contribution is 5.71. The van der Waals surface area contributed by atoms with Gasteiger partial charge in [0.2, 0.25) is 6.41 Å². The van der Waals surface area contributed by atoms with E-state index in [1.807, 2.05) is 12.1 Å². The second-order valence-corrected chi connectivity index (χ2v) is 2.57. The quantitative estimate of drug-likeness (QED) is 0.574. The van der Waals surface area contributed by atoms with Crippen LogP contribution in [0.15, 0.2) is 24.3 Å². The fourth-order valence-electron chi connectivity index (χ4n) is 0.928. The Bertz CT molecular complexity index is 346. The standard InChI is InChI=1S/C11H11NO2/c1-14-8-2-3-10-4-6-11(7-5-10)12-9-13/h4-7,9H,8H2,1H3,(H,12,13). The van der Waals surface area contributed by atoms with Gasteiger partial charge in [0.05, 0.1) is 0 Å². The summed E-state index contributed by atoms with van der Waals surface area (Å²) in [5.74, 6) is 5.76. The van der Waals surface area contributed by atoms with Crippen molar-refractivity contribution in [1.82, 2.24) is 0 Å². The van der Waals surface area contributed by atoms with Gasteiger partial charge in [0.1, 0.15) is 6.61 Å². The molecule has 0 heterocycles. The first-order valence-corrected chi connectivity index (χ1v) is 4.15. The maximum absolute atomic E-state index is 10.1. The molecule has 1 aromatic carbocycles. The number of hydrogen-bond acceptors (Lipinski definition) is 2. The number of amides is 1. The van der Waals surface area contributed by atoms with Crippen molar-refractivity contribution >= 4 is 12.1 Å². The fraction of sp³-hybridized carbons (Fsp3) is 0.182. The van der Waals surface area contributed by atoms with Gasteiger partial charge in [-0.05, 0) is 24.3 Å². The maximum atomic E-state index is 10.1. The number of ether oxygens (including phenoxy) is 1. The first-order chi connectivity index (χ1) is 6.86. The van der Waals surface area contributed by atoms with E-state index in [0.29, 0.717) is 13.0 Å². The molecule has 0 saturated carbocycles. The van der Waals surface area contributed by atoms with Gasteiger partial charge < -0.3 is 10.1 Å². The zero-order valence-electron chi connectivity index (χ0n) is 7.91. The molecular formula is C11H11NO2. The highest BCUT2D eigenvalue weighted by atomic mass is 16.5. The number of rotatable bonds is 3. The molecule has 1 N–H and O–H groups in total. The maximum Gasteiger partial charge on any atom is 0.211 e. The third-order valence-electron chi connectivity index (χ3n) is 1.56. The summed E-state index contributed by atoms with van der Waals surface area (Å²) in [6, 6.07) is 7.28. The van der Waals surface area contributed by atoms with E-state index in [9.17, 15) is 4.79 Å². The van der Waals surface area contributed by atoms with Gasteiger partial charge in [-0.15, -0.1) is 0 Å². The van der Waals surface area contributed by atoms with Crippen molar-refractivity contribution in [3.8, 4) is 11.8 Å². The van der Waals surface area contributed by atoms with Gasteiger partial charge in [0, 0.05) is 18.4 Å². The van der Waals surface area contributed by atoms with Crippen LogP contribution < -0.4 is 5.32 Å². The largest absolute Gasteiger partial charge is 0.372 e. The Morgan fingerprint density at radius 2 is 2.14 bits per heavy atom. The van der Waals surface area contributed by atoms with Crippen molar-refractivity contribution in [2.75, 3.05) is 19.0 Å². The molecule has 14 heavy (non-hydrogen) atoms. The SMILES string of the molecule is COCC#Cc1ccc(NC=O)cc1. The molecule has 0 unspecified atom stereocenters. The van der Waals surface area contributed by atoms with E-state index in [2.05, 4.69) is 17.2 Å². The van der Waals surface area contributed by atoms with Crippen molar-refractivity contribution in [1.29, 1.82) is 0 Å². The highest BCUT2D eigenvalue weighted by Gasteiger charge is 1.89. The van der Waals surface area contributed by atoms with Gasteiger partial charge in [0.15, 0.2) is 0 Å². The van der Waals surface area contributed by atoms with E-state index in [-0.39, 0.29) is 0 Å². The summed E-state index contributed by atoms with van der Waals surface area (Å²) >= 11 is 0. The molecule has 1 aromatic rings. The second-order valence-electron chi connectivity index (χ2n) is 2.57. The molecule has 0 aliphatic heterocycles. The van der Waals surface area contributed by atoms with Gasteiger partial charge in [0.25, 0.3) is 0 Å². The lowest BCUT2D eigenvalue weighted by Gasteiger charge is -1.96. The van der Waals surface area contributed by atoms with Gasteiger partial charge in [-0.2, -0.15) is 0 Å². The first-order valence-electron chi connectivity index (χ1n) is 4.15. The van der Waals surface area contributed by atoms with Crippen molar-refractivity contribution in [3.63, 3.8) is 0 Å². The zero-order valence-corrected chi connectivity index (χ0v) is 7.91. The van der Waals surface area contributed by atoms with E-state index in [1.165, 1.54) is 0 Å². The van der Waals surface area contributed by atoms with Crippen molar-refractivity contribution in [3.05, 3.63) is 29.8 Å². The fourth-order valence-corrected chi connectivity index (χ4v) is 0.928. The number of carbonyl (C=O) groups is 1. The van der Waals surface area contributed by atoms with Crippen molar-refractivity contribution < 1.29 is 9.53 Å². The highest BCUT2D eigenvalue weighted by Crippen LogP contribution is 2.07. The molecule has 0 spiro atoms. The summed E-state index contributed by atoms with van der Waals surface area (Å²) in [4.78, 5) is 10.1. The molecule has 0 radical (unpaired) electrons. The van der Waals surface area contributed by atoms with Crippen LogP contribution in [0.25, 0.3) is 0 Å². The van der Waals surface area contributed by atoms with Crippen LogP contribution in [0, 0.1) is 11.8 Å². The Kier molecular flexibility index (Phi) is 4.25. The summed E-state index contributed by atoms with van der Waals surface area (Å²) in [5.41, 5.74) is 1.66. The van der Waals surface area contributed by atoms with Crippen LogP contribution in [0.5, 0.6) is 0 Å². The van der Waals surface area contributed by atoms with E-state index in [0.717, 1.165) is 11.3 Å². The number of anilines is 1. The van der Waals surface area contributed by atoms with Crippen molar-refractivity contribution in [2.45, 2.75) is 0 Å². The number of nitrogens with one attached hydrogen (secondary N) is 1. The van der Waals surface area contributed by atoms with Crippen molar-refractivity contribution in [2.24, 2.45) is 0 Å². The molecule has 1 amide bonds. The molecule has 0 aliphatic carbocycles. The number of carbonyl (C=O) groups excluding carboxylic acids is 1. The Hall–Kier alpha value is -1.79. The lowest BCUT2D eigenvalue weighted by atomic mass is 10.2. The third kappa shape index (κ3) is 3.30. The lowest BCUT2D eigenvalue weighted by Crippen LogP contribution is -1.92. The summed E-state index contributed by atoms with van der Waals surface area (Å²) in [6.07, 6.45) is 0.644. The molecule has 3 nitrogen and oxygen atoms in total. The molecule has 0 atom stereocenters. The Morgan fingerprint density at radius 3 is 2.71 bits per heavy atom. The van der Waals surface area contributed by atoms with Crippen LogP contribution in [0.4, 0.5) is 5.69 Å². The van der Waals surface area contributed by atoms with Gasteiger partial charge in [-0.3, -0.25) is 4.79 Å². The zero-order chi connectivity index (χ0) is 10.2. The van der Waals surface area contributed by atoms with E-state index in [4.69, 9.17) is 4.74 Å².